The zero-order chi connectivity index (χ0) is 12.4. The van der Waals surface area contributed by atoms with Gasteiger partial charge in [-0.1, -0.05) is 24.6 Å². The Morgan fingerprint density at radius 3 is 3.06 bits per heavy atom. The summed E-state index contributed by atoms with van der Waals surface area (Å²) in [6.07, 6.45) is 7.67. The van der Waals surface area contributed by atoms with Gasteiger partial charge in [-0.3, -0.25) is 4.98 Å². The third kappa shape index (κ3) is 2.25. The van der Waals surface area contributed by atoms with Crippen LogP contribution in [0.5, 0.6) is 0 Å². The van der Waals surface area contributed by atoms with E-state index in [1.165, 1.54) is 41.4 Å². The molecule has 2 heterocycles. The van der Waals surface area contributed by atoms with Crippen LogP contribution in [-0.2, 0) is 0 Å². The second-order valence-electron chi connectivity index (χ2n) is 4.87. The predicted molar refractivity (Wildman–Crippen MR) is 78.8 cm³/mol. The van der Waals surface area contributed by atoms with Crippen LogP contribution in [0.1, 0.15) is 30.9 Å². The van der Waals surface area contributed by atoms with Gasteiger partial charge in [-0.2, -0.15) is 11.8 Å². The molecule has 3 heteroatoms. The van der Waals surface area contributed by atoms with Crippen molar-refractivity contribution >= 4 is 22.5 Å². The summed E-state index contributed by atoms with van der Waals surface area (Å²) in [7, 11) is 0. The lowest BCUT2D eigenvalue weighted by Crippen LogP contribution is -2.26. The lowest BCUT2D eigenvalue weighted by Gasteiger charge is -2.28. The summed E-state index contributed by atoms with van der Waals surface area (Å²) in [4.78, 5) is 4.18. The molecule has 2 unspecified atom stereocenters. The van der Waals surface area contributed by atoms with Crippen LogP contribution in [0.2, 0.25) is 0 Å². The molecule has 2 nitrogen and oxygen atoms in total. The van der Waals surface area contributed by atoms with E-state index in [0.29, 0.717) is 5.25 Å². The Kier molecular flexibility index (Phi) is 3.52. The number of aromatic nitrogens is 1. The van der Waals surface area contributed by atoms with Gasteiger partial charge < -0.3 is 5.73 Å². The van der Waals surface area contributed by atoms with Gasteiger partial charge in [0.05, 0.1) is 0 Å². The molecule has 1 aromatic heterocycles. The zero-order valence-corrected chi connectivity index (χ0v) is 11.2. The van der Waals surface area contributed by atoms with E-state index in [0.717, 1.165) is 0 Å². The Labute approximate surface area is 112 Å². The largest absolute Gasteiger partial charge is 0.323 e. The van der Waals surface area contributed by atoms with E-state index in [1.54, 1.807) is 0 Å². The molecule has 94 valence electrons. The molecule has 0 radical (unpaired) electrons. The summed E-state index contributed by atoms with van der Waals surface area (Å²) in [5.41, 5.74) is 7.77. The number of fused-ring (bicyclic) bond motifs is 1. The molecule has 1 aliphatic heterocycles. The smallest absolute Gasteiger partial charge is 0.0421 e. The van der Waals surface area contributed by atoms with Gasteiger partial charge in [-0.05, 0) is 35.6 Å². The van der Waals surface area contributed by atoms with Gasteiger partial charge in [0.1, 0.15) is 0 Å². The molecule has 2 aromatic rings. The van der Waals surface area contributed by atoms with Crippen molar-refractivity contribution in [1.82, 2.24) is 4.98 Å². The van der Waals surface area contributed by atoms with Gasteiger partial charge in [-0.25, -0.2) is 0 Å². The van der Waals surface area contributed by atoms with E-state index >= 15 is 0 Å². The van der Waals surface area contributed by atoms with E-state index in [2.05, 4.69) is 29.2 Å². The number of hydrogen-bond acceptors (Lipinski definition) is 3. The summed E-state index contributed by atoms with van der Waals surface area (Å²) in [5, 5.41) is 3.01. The maximum Gasteiger partial charge on any atom is 0.0421 e. The number of thioether (sulfide) groups is 1. The minimum atomic E-state index is 0.140. The molecule has 0 spiro atoms. The van der Waals surface area contributed by atoms with Gasteiger partial charge in [0, 0.05) is 29.1 Å². The third-order valence-corrected chi connectivity index (χ3v) is 5.17. The molecule has 0 saturated carbocycles. The second kappa shape index (κ2) is 5.29. The van der Waals surface area contributed by atoms with Crippen molar-refractivity contribution in [2.75, 3.05) is 5.75 Å². The van der Waals surface area contributed by atoms with Crippen LogP contribution < -0.4 is 5.73 Å². The highest BCUT2D eigenvalue weighted by atomic mass is 32.2. The number of nitrogens with zero attached hydrogens (tertiary/aromatic N) is 1. The van der Waals surface area contributed by atoms with Crippen LogP contribution in [0, 0.1) is 0 Å². The van der Waals surface area contributed by atoms with Gasteiger partial charge in [0.25, 0.3) is 0 Å². The first kappa shape index (κ1) is 12.0. The third-order valence-electron chi connectivity index (χ3n) is 3.69. The maximum atomic E-state index is 6.49. The number of rotatable bonds is 2. The maximum absolute atomic E-state index is 6.49. The van der Waals surface area contributed by atoms with Crippen LogP contribution in [0.15, 0.2) is 36.7 Å². The van der Waals surface area contributed by atoms with Gasteiger partial charge in [-0.15, -0.1) is 0 Å². The highest BCUT2D eigenvalue weighted by Crippen LogP contribution is 2.35. The summed E-state index contributed by atoms with van der Waals surface area (Å²) in [6, 6.07) is 8.58. The van der Waals surface area contributed by atoms with Crippen molar-refractivity contribution in [3.63, 3.8) is 0 Å². The molecule has 1 aromatic carbocycles. The van der Waals surface area contributed by atoms with Gasteiger partial charge >= 0.3 is 0 Å². The standard InChI is InChI=1S/C15H18N2S/c16-15(14-6-1-2-9-18-14)13-5-3-4-11-10-17-8-7-12(11)13/h3-5,7-8,10,14-15H,1-2,6,9,16H2. The molecular formula is C15H18N2S. The van der Waals surface area contributed by atoms with Crippen molar-refractivity contribution in [2.45, 2.75) is 30.6 Å². The summed E-state index contributed by atoms with van der Waals surface area (Å²) in [6.45, 7) is 0. The monoisotopic (exact) mass is 258 g/mol. The molecule has 0 aliphatic carbocycles. The minimum absolute atomic E-state index is 0.140. The SMILES string of the molecule is NC(c1cccc2cnccc12)C1CCCCS1. The lowest BCUT2D eigenvalue weighted by atomic mass is 9.96. The molecule has 0 bridgehead atoms. The fourth-order valence-electron chi connectivity index (χ4n) is 2.69. The Morgan fingerprint density at radius 1 is 1.28 bits per heavy atom. The first-order valence-corrected chi connectivity index (χ1v) is 7.61. The molecular weight excluding hydrogens is 240 g/mol. The van der Waals surface area contributed by atoms with E-state index in [1.807, 2.05) is 24.2 Å². The van der Waals surface area contributed by atoms with Crippen molar-refractivity contribution in [2.24, 2.45) is 5.73 Å². The first-order chi connectivity index (χ1) is 8.86. The fourth-order valence-corrected chi connectivity index (χ4v) is 4.05. The van der Waals surface area contributed by atoms with Crippen LogP contribution in [-0.4, -0.2) is 16.0 Å². The topological polar surface area (TPSA) is 38.9 Å². The highest BCUT2D eigenvalue weighted by Gasteiger charge is 2.23. The highest BCUT2D eigenvalue weighted by molar-refractivity contribution is 8.00. The average Bonchev–Trinajstić information content (AvgIpc) is 2.47. The van der Waals surface area contributed by atoms with Crippen LogP contribution in [0.3, 0.4) is 0 Å². The molecule has 18 heavy (non-hydrogen) atoms. The number of nitrogens with two attached hydrogens (primary N) is 1. The van der Waals surface area contributed by atoms with E-state index in [4.69, 9.17) is 5.73 Å². The molecule has 1 saturated heterocycles. The first-order valence-electron chi connectivity index (χ1n) is 6.56. The normalized spacial score (nSPS) is 21.9. The second-order valence-corrected chi connectivity index (χ2v) is 6.22. The van der Waals surface area contributed by atoms with Crippen molar-refractivity contribution in [1.29, 1.82) is 0 Å². The van der Waals surface area contributed by atoms with Crippen LogP contribution >= 0.6 is 11.8 Å². The summed E-state index contributed by atoms with van der Waals surface area (Å²) >= 11 is 2.03. The van der Waals surface area contributed by atoms with E-state index in [-0.39, 0.29) is 6.04 Å². The number of benzene rings is 1. The Balaban J connectivity index is 1.97. The van der Waals surface area contributed by atoms with Gasteiger partial charge in [0.15, 0.2) is 0 Å². The average molecular weight is 258 g/mol. The molecule has 0 amide bonds. The molecule has 2 atom stereocenters. The molecule has 2 N–H and O–H groups in total. The van der Waals surface area contributed by atoms with E-state index < -0.39 is 0 Å². The Hall–Kier alpha value is -1.06. The summed E-state index contributed by atoms with van der Waals surface area (Å²) in [5.74, 6) is 1.25. The Morgan fingerprint density at radius 2 is 2.22 bits per heavy atom. The zero-order valence-electron chi connectivity index (χ0n) is 10.4. The molecule has 3 rings (SSSR count). The van der Waals surface area contributed by atoms with Gasteiger partial charge in [0.2, 0.25) is 0 Å². The van der Waals surface area contributed by atoms with Crippen LogP contribution in [0.4, 0.5) is 0 Å². The molecule has 1 fully saturated rings. The summed E-state index contributed by atoms with van der Waals surface area (Å²) < 4.78 is 0. The Bertz CT molecular complexity index is 530. The number of pyridine rings is 1. The quantitative estimate of drug-likeness (QED) is 0.895. The van der Waals surface area contributed by atoms with Crippen molar-refractivity contribution in [3.8, 4) is 0 Å². The van der Waals surface area contributed by atoms with Crippen molar-refractivity contribution in [3.05, 3.63) is 42.2 Å². The van der Waals surface area contributed by atoms with E-state index in [9.17, 15) is 0 Å². The van der Waals surface area contributed by atoms with Crippen molar-refractivity contribution < 1.29 is 0 Å². The van der Waals surface area contributed by atoms with Crippen LogP contribution in [0.25, 0.3) is 10.8 Å². The number of hydrogen-bond donors (Lipinski definition) is 1. The fraction of sp³-hybridized carbons (Fsp3) is 0.400. The minimum Gasteiger partial charge on any atom is -0.323 e. The molecule has 1 aliphatic rings. The predicted octanol–water partition coefficient (Wildman–Crippen LogP) is 3.52. The lowest BCUT2D eigenvalue weighted by molar-refractivity contribution is 0.584.